The minimum absolute atomic E-state index is 0.212. The molecular formula is C22H26N2O5S. The molecule has 0 amide bonds. The number of carbonyl (C=O) groups excluding carboxylic acids is 2. The van der Waals surface area contributed by atoms with Crippen LogP contribution in [0.5, 0.6) is 5.75 Å². The molecule has 0 radical (unpaired) electrons. The highest BCUT2D eigenvalue weighted by molar-refractivity contribution is 7.80. The maximum atomic E-state index is 12.4. The molecule has 2 aromatic rings. The molecule has 0 saturated carbocycles. The largest absolute Gasteiger partial charge is 0.495 e. The summed E-state index contributed by atoms with van der Waals surface area (Å²) in [6, 6.07) is 11.9. The molecule has 2 rings (SSSR count). The lowest BCUT2D eigenvalue weighted by molar-refractivity contribution is 0.0377. The van der Waals surface area contributed by atoms with Crippen molar-refractivity contribution in [3.05, 3.63) is 53.6 Å². The van der Waals surface area contributed by atoms with Crippen LogP contribution in [0.15, 0.2) is 42.5 Å². The molecule has 0 aliphatic carbocycles. The summed E-state index contributed by atoms with van der Waals surface area (Å²) in [6.07, 6.45) is -0.595. The molecule has 0 unspecified atom stereocenters. The molecule has 0 atom stereocenters. The van der Waals surface area contributed by atoms with Gasteiger partial charge in [0.05, 0.1) is 36.1 Å². The van der Waals surface area contributed by atoms with Gasteiger partial charge in [-0.3, -0.25) is 0 Å². The first-order chi connectivity index (χ1) is 14.2. The number of anilines is 2. The number of methoxy groups -OCH3 is 1. The Morgan fingerprint density at radius 2 is 1.40 bits per heavy atom. The summed E-state index contributed by atoms with van der Waals surface area (Å²) in [5, 5.41) is 6.28. The summed E-state index contributed by atoms with van der Waals surface area (Å²) < 4.78 is 15.8. The van der Waals surface area contributed by atoms with Crippen LogP contribution in [0.4, 0.5) is 11.4 Å². The number of ether oxygens (including phenoxy) is 3. The highest BCUT2D eigenvalue weighted by Gasteiger charge is 2.17. The normalized spacial score (nSPS) is 10.5. The Kier molecular flexibility index (Phi) is 8.17. The van der Waals surface area contributed by atoms with Crippen molar-refractivity contribution < 1.29 is 23.8 Å². The first-order valence-electron chi connectivity index (χ1n) is 9.47. The molecule has 0 aliphatic heterocycles. The maximum absolute atomic E-state index is 12.4. The maximum Gasteiger partial charge on any atom is 0.338 e. The molecule has 0 saturated heterocycles. The van der Waals surface area contributed by atoms with E-state index in [-0.39, 0.29) is 28.4 Å². The first kappa shape index (κ1) is 23.2. The van der Waals surface area contributed by atoms with Gasteiger partial charge >= 0.3 is 11.9 Å². The third-order valence-corrected chi connectivity index (χ3v) is 3.91. The Morgan fingerprint density at radius 1 is 0.867 bits per heavy atom. The molecule has 2 aromatic carbocycles. The number of rotatable bonds is 7. The summed E-state index contributed by atoms with van der Waals surface area (Å²) >= 11 is 5.37. The van der Waals surface area contributed by atoms with E-state index >= 15 is 0 Å². The summed E-state index contributed by atoms with van der Waals surface area (Å²) in [6.45, 7) is 7.00. The van der Waals surface area contributed by atoms with Gasteiger partial charge in [-0.15, -0.1) is 0 Å². The highest BCUT2D eigenvalue weighted by Crippen LogP contribution is 2.24. The standard InChI is InChI=1S/C22H26N2O5S/c1-13(2)28-20(25)15-10-16(21(26)29-14(3)4)12-17(11-15)23-22(30)24-18-8-6-7-9-19(18)27-5/h6-14H,1-5H3,(H2,23,24,30). The molecule has 0 heterocycles. The van der Waals surface area contributed by atoms with Crippen molar-refractivity contribution in [2.75, 3.05) is 17.7 Å². The number of nitrogens with one attached hydrogen (secondary N) is 2. The molecular weight excluding hydrogens is 404 g/mol. The van der Waals surface area contributed by atoms with E-state index in [0.29, 0.717) is 17.1 Å². The zero-order valence-electron chi connectivity index (χ0n) is 17.6. The Morgan fingerprint density at radius 3 is 1.90 bits per heavy atom. The molecule has 30 heavy (non-hydrogen) atoms. The molecule has 8 heteroatoms. The molecule has 0 spiro atoms. The molecule has 2 N–H and O–H groups in total. The highest BCUT2D eigenvalue weighted by atomic mass is 32.1. The van der Waals surface area contributed by atoms with E-state index in [0.717, 1.165) is 0 Å². The van der Waals surface area contributed by atoms with E-state index in [1.54, 1.807) is 53.0 Å². The minimum Gasteiger partial charge on any atom is -0.495 e. The summed E-state index contributed by atoms with van der Waals surface area (Å²) in [7, 11) is 1.56. The molecule has 0 aliphatic rings. The van der Waals surface area contributed by atoms with Crippen molar-refractivity contribution in [1.29, 1.82) is 0 Å². The van der Waals surface area contributed by atoms with E-state index in [4.69, 9.17) is 26.4 Å². The van der Waals surface area contributed by atoms with Crippen LogP contribution in [0, 0.1) is 0 Å². The molecule has 0 aromatic heterocycles. The van der Waals surface area contributed by atoms with E-state index < -0.39 is 11.9 Å². The van der Waals surface area contributed by atoms with Crippen LogP contribution in [0.1, 0.15) is 48.4 Å². The average molecular weight is 431 g/mol. The molecule has 0 bridgehead atoms. The van der Waals surface area contributed by atoms with E-state index in [9.17, 15) is 9.59 Å². The molecule has 160 valence electrons. The van der Waals surface area contributed by atoms with Crippen LogP contribution in [0.3, 0.4) is 0 Å². The third-order valence-electron chi connectivity index (χ3n) is 3.70. The van der Waals surface area contributed by atoms with Crippen molar-refractivity contribution >= 4 is 40.6 Å². The average Bonchev–Trinajstić information content (AvgIpc) is 2.67. The van der Waals surface area contributed by atoms with Crippen molar-refractivity contribution in [2.24, 2.45) is 0 Å². The predicted octanol–water partition coefficient (Wildman–Crippen LogP) is 4.63. The number of thiocarbonyl (C=S) groups is 1. The van der Waals surface area contributed by atoms with Gasteiger partial charge in [-0.05, 0) is 70.2 Å². The monoisotopic (exact) mass is 430 g/mol. The lowest BCUT2D eigenvalue weighted by atomic mass is 10.1. The van der Waals surface area contributed by atoms with Gasteiger partial charge in [0.1, 0.15) is 5.75 Å². The van der Waals surface area contributed by atoms with Crippen LogP contribution in [-0.2, 0) is 9.47 Å². The van der Waals surface area contributed by atoms with Crippen molar-refractivity contribution in [3.8, 4) is 5.75 Å². The van der Waals surface area contributed by atoms with Gasteiger partial charge < -0.3 is 24.8 Å². The van der Waals surface area contributed by atoms with Crippen molar-refractivity contribution in [3.63, 3.8) is 0 Å². The Balaban J connectivity index is 2.29. The van der Waals surface area contributed by atoms with Crippen LogP contribution in [0.2, 0.25) is 0 Å². The zero-order chi connectivity index (χ0) is 22.3. The fourth-order valence-corrected chi connectivity index (χ4v) is 2.76. The van der Waals surface area contributed by atoms with Gasteiger partial charge in [0, 0.05) is 5.69 Å². The Hall–Kier alpha value is -3.13. The molecule has 7 nitrogen and oxygen atoms in total. The lowest BCUT2D eigenvalue weighted by Gasteiger charge is -2.16. The number of benzene rings is 2. The number of hydrogen-bond donors (Lipinski definition) is 2. The third kappa shape index (κ3) is 6.73. The predicted molar refractivity (Wildman–Crippen MR) is 120 cm³/mol. The topological polar surface area (TPSA) is 85.9 Å². The van der Waals surface area contributed by atoms with Crippen LogP contribution < -0.4 is 15.4 Å². The van der Waals surface area contributed by atoms with Gasteiger partial charge in [0.25, 0.3) is 0 Å². The van der Waals surface area contributed by atoms with Gasteiger partial charge in [-0.25, -0.2) is 9.59 Å². The van der Waals surface area contributed by atoms with Gasteiger partial charge in [0.2, 0.25) is 0 Å². The van der Waals surface area contributed by atoms with Crippen LogP contribution in [-0.4, -0.2) is 36.4 Å². The number of hydrogen-bond acceptors (Lipinski definition) is 6. The summed E-state index contributed by atoms with van der Waals surface area (Å²) in [4.78, 5) is 24.8. The summed E-state index contributed by atoms with van der Waals surface area (Å²) in [5.74, 6) is -0.469. The van der Waals surface area contributed by atoms with Crippen LogP contribution >= 0.6 is 12.2 Å². The van der Waals surface area contributed by atoms with Gasteiger partial charge in [0.15, 0.2) is 5.11 Å². The van der Waals surface area contributed by atoms with Gasteiger partial charge in [-0.1, -0.05) is 12.1 Å². The molecule has 0 fully saturated rings. The first-order valence-corrected chi connectivity index (χ1v) is 9.88. The van der Waals surface area contributed by atoms with E-state index in [2.05, 4.69) is 10.6 Å². The van der Waals surface area contributed by atoms with Crippen LogP contribution in [0.25, 0.3) is 0 Å². The lowest BCUT2D eigenvalue weighted by Crippen LogP contribution is -2.21. The van der Waals surface area contributed by atoms with Gasteiger partial charge in [-0.2, -0.15) is 0 Å². The Labute approximate surface area is 181 Å². The van der Waals surface area contributed by atoms with E-state index in [1.165, 1.54) is 6.07 Å². The fraction of sp³-hybridized carbons (Fsp3) is 0.318. The zero-order valence-corrected chi connectivity index (χ0v) is 18.5. The van der Waals surface area contributed by atoms with Crippen molar-refractivity contribution in [2.45, 2.75) is 39.9 Å². The van der Waals surface area contributed by atoms with E-state index in [1.807, 2.05) is 18.2 Å². The smallest absolute Gasteiger partial charge is 0.338 e. The second kappa shape index (κ2) is 10.6. The second-order valence-electron chi connectivity index (χ2n) is 6.99. The fourth-order valence-electron chi connectivity index (χ4n) is 2.53. The van der Waals surface area contributed by atoms with Crippen molar-refractivity contribution in [1.82, 2.24) is 0 Å². The number of esters is 2. The second-order valence-corrected chi connectivity index (χ2v) is 7.39. The summed E-state index contributed by atoms with van der Waals surface area (Å²) in [5.41, 5.74) is 1.54. The Bertz CT molecular complexity index is 887. The quantitative estimate of drug-likeness (QED) is 0.486. The minimum atomic E-state index is -0.546. The SMILES string of the molecule is COc1ccccc1NC(=S)Nc1cc(C(=O)OC(C)C)cc(C(=O)OC(C)C)c1. The number of carbonyl (C=O) groups is 2. The number of para-hydroxylation sites is 2.